The minimum atomic E-state index is -3.41. The number of amides is 1. The van der Waals surface area contributed by atoms with Gasteiger partial charge in [0.1, 0.15) is 6.33 Å². The van der Waals surface area contributed by atoms with E-state index in [4.69, 9.17) is 0 Å². The summed E-state index contributed by atoms with van der Waals surface area (Å²) in [4.78, 5) is 21.6. The Morgan fingerprint density at radius 1 is 1.14 bits per heavy atom. The first kappa shape index (κ1) is 19.4. The number of piperazine rings is 1. The van der Waals surface area contributed by atoms with E-state index in [-0.39, 0.29) is 11.7 Å². The highest BCUT2D eigenvalue weighted by atomic mass is 32.2. The van der Waals surface area contributed by atoms with Crippen LogP contribution in [0.15, 0.2) is 24.5 Å². The van der Waals surface area contributed by atoms with E-state index in [1.54, 1.807) is 18.2 Å². The van der Waals surface area contributed by atoms with Crippen LogP contribution in [-0.4, -0.2) is 71.1 Å². The number of carbonyl (C=O) groups is 1. The molecule has 2 fully saturated rings. The highest BCUT2D eigenvalue weighted by Crippen LogP contribution is 2.25. The average Bonchev–Trinajstić information content (AvgIpc) is 3.37. The summed E-state index contributed by atoms with van der Waals surface area (Å²) < 4.78 is 25.9. The number of imidazole rings is 1. The van der Waals surface area contributed by atoms with Crippen LogP contribution in [0.25, 0.3) is 11.0 Å². The molecule has 0 spiro atoms. The van der Waals surface area contributed by atoms with Gasteiger partial charge in [-0.2, -0.15) is 0 Å². The third kappa shape index (κ3) is 3.67. The quantitative estimate of drug-likeness (QED) is 0.765. The molecule has 0 atom stereocenters. The molecule has 1 aromatic heterocycles. The smallest absolute Gasteiger partial charge is 0.254 e. The number of aromatic nitrogens is 2. The molecule has 0 bridgehead atoms. The monoisotopic (exact) mass is 404 g/mol. The summed E-state index contributed by atoms with van der Waals surface area (Å²) in [7, 11) is -3.41. The lowest BCUT2D eigenvalue weighted by Gasteiger charge is -2.38. The van der Waals surface area contributed by atoms with E-state index in [9.17, 15) is 13.2 Å². The van der Waals surface area contributed by atoms with Crippen molar-refractivity contribution in [3.05, 3.63) is 30.1 Å². The summed E-state index contributed by atoms with van der Waals surface area (Å²) in [6, 6.07) is 5.81. The zero-order chi connectivity index (χ0) is 19.7. The Hall–Kier alpha value is -1.93. The van der Waals surface area contributed by atoms with Crippen LogP contribution in [0, 0.1) is 0 Å². The van der Waals surface area contributed by atoms with Crippen molar-refractivity contribution in [1.82, 2.24) is 18.8 Å². The van der Waals surface area contributed by atoms with Crippen LogP contribution in [0.1, 0.15) is 49.4 Å². The van der Waals surface area contributed by atoms with Crippen molar-refractivity contribution in [2.45, 2.75) is 45.1 Å². The first-order valence-electron chi connectivity index (χ1n) is 10.2. The van der Waals surface area contributed by atoms with E-state index >= 15 is 0 Å². The molecule has 0 radical (unpaired) electrons. The fourth-order valence-electron chi connectivity index (χ4n) is 4.44. The molecule has 4 rings (SSSR count). The van der Waals surface area contributed by atoms with E-state index in [1.165, 1.54) is 36.0 Å². The second-order valence-corrected chi connectivity index (χ2v) is 9.79. The molecule has 28 heavy (non-hydrogen) atoms. The summed E-state index contributed by atoms with van der Waals surface area (Å²) in [6.45, 7) is 5.18. The minimum absolute atomic E-state index is 0.000984. The maximum Gasteiger partial charge on any atom is 0.254 e. The van der Waals surface area contributed by atoms with Crippen molar-refractivity contribution >= 4 is 27.0 Å². The van der Waals surface area contributed by atoms with E-state index in [2.05, 4.69) is 9.88 Å². The number of rotatable bonds is 5. The molecule has 8 heteroatoms. The number of hydrogen-bond donors (Lipinski definition) is 0. The molecule has 0 N–H and O–H groups in total. The normalized spacial score (nSPS) is 19.5. The number of carbonyl (C=O) groups excluding carboxylic acids is 1. The summed E-state index contributed by atoms with van der Waals surface area (Å²) >= 11 is 0. The van der Waals surface area contributed by atoms with E-state index in [1.807, 2.05) is 11.8 Å². The molecule has 152 valence electrons. The number of benzene rings is 1. The van der Waals surface area contributed by atoms with Crippen molar-refractivity contribution < 1.29 is 13.2 Å². The SMILES string of the molecule is CCCS(=O)(=O)n1cnc2cc(C(=O)N3CCN(C4CCCC4)CC3)ccc21. The fourth-order valence-corrected chi connectivity index (χ4v) is 5.80. The van der Waals surface area contributed by atoms with Crippen LogP contribution in [0.3, 0.4) is 0 Å². The molecule has 1 aromatic carbocycles. The lowest BCUT2D eigenvalue weighted by molar-refractivity contribution is 0.0573. The van der Waals surface area contributed by atoms with Crippen molar-refractivity contribution in [2.24, 2.45) is 0 Å². The van der Waals surface area contributed by atoms with Crippen LogP contribution in [-0.2, 0) is 10.0 Å². The Morgan fingerprint density at radius 3 is 2.54 bits per heavy atom. The molecule has 0 unspecified atom stereocenters. The molecule has 7 nitrogen and oxygen atoms in total. The van der Waals surface area contributed by atoms with Crippen LogP contribution >= 0.6 is 0 Å². The molecule has 2 aliphatic rings. The van der Waals surface area contributed by atoms with Gasteiger partial charge < -0.3 is 4.90 Å². The van der Waals surface area contributed by atoms with Crippen LogP contribution in [0.5, 0.6) is 0 Å². The molecule has 1 amide bonds. The largest absolute Gasteiger partial charge is 0.336 e. The Labute approximate surface area is 166 Å². The number of hydrogen-bond acceptors (Lipinski definition) is 5. The summed E-state index contributed by atoms with van der Waals surface area (Å²) in [5.74, 6) is 0.0728. The van der Waals surface area contributed by atoms with Crippen LogP contribution < -0.4 is 0 Å². The van der Waals surface area contributed by atoms with Gasteiger partial charge in [-0.25, -0.2) is 17.4 Å². The zero-order valence-corrected chi connectivity index (χ0v) is 17.2. The molecule has 2 heterocycles. The average molecular weight is 405 g/mol. The van der Waals surface area contributed by atoms with Gasteiger partial charge in [-0.1, -0.05) is 19.8 Å². The second kappa shape index (κ2) is 7.83. The Morgan fingerprint density at radius 2 is 1.86 bits per heavy atom. The highest BCUT2D eigenvalue weighted by Gasteiger charge is 2.28. The van der Waals surface area contributed by atoms with Crippen LogP contribution in [0.2, 0.25) is 0 Å². The Kier molecular flexibility index (Phi) is 5.42. The van der Waals surface area contributed by atoms with Gasteiger partial charge in [0.25, 0.3) is 5.91 Å². The van der Waals surface area contributed by atoms with Crippen LogP contribution in [0.4, 0.5) is 0 Å². The molecule has 1 saturated carbocycles. The van der Waals surface area contributed by atoms with Gasteiger partial charge in [0, 0.05) is 37.8 Å². The summed E-state index contributed by atoms with van der Waals surface area (Å²) in [5, 5.41) is 0. The molecule has 2 aromatic rings. The summed E-state index contributed by atoms with van der Waals surface area (Å²) in [5.41, 5.74) is 1.63. The van der Waals surface area contributed by atoms with Gasteiger partial charge in [-0.15, -0.1) is 0 Å². The Balaban J connectivity index is 1.48. The van der Waals surface area contributed by atoms with Gasteiger partial charge in [-0.05, 0) is 37.5 Å². The molecular formula is C20H28N4O3S. The van der Waals surface area contributed by atoms with Gasteiger partial charge in [0.05, 0.1) is 16.8 Å². The first-order chi connectivity index (χ1) is 13.5. The fraction of sp³-hybridized carbons (Fsp3) is 0.600. The second-order valence-electron chi connectivity index (χ2n) is 7.83. The predicted octanol–water partition coefficient (Wildman–Crippen LogP) is 2.32. The van der Waals surface area contributed by atoms with Gasteiger partial charge in [0.15, 0.2) is 0 Å². The van der Waals surface area contributed by atoms with Gasteiger partial charge in [-0.3, -0.25) is 9.69 Å². The lowest BCUT2D eigenvalue weighted by atomic mass is 10.1. The van der Waals surface area contributed by atoms with Crippen molar-refractivity contribution in [3.8, 4) is 0 Å². The number of fused-ring (bicyclic) bond motifs is 1. The van der Waals surface area contributed by atoms with Gasteiger partial charge >= 0.3 is 0 Å². The van der Waals surface area contributed by atoms with Crippen molar-refractivity contribution in [1.29, 1.82) is 0 Å². The molecular weight excluding hydrogens is 376 g/mol. The predicted molar refractivity (Wildman–Crippen MR) is 109 cm³/mol. The van der Waals surface area contributed by atoms with Crippen molar-refractivity contribution in [3.63, 3.8) is 0 Å². The number of nitrogens with zero attached hydrogens (tertiary/aromatic N) is 4. The summed E-state index contributed by atoms with van der Waals surface area (Å²) in [6.07, 6.45) is 7.10. The topological polar surface area (TPSA) is 75.5 Å². The lowest BCUT2D eigenvalue weighted by Crippen LogP contribution is -2.51. The maximum atomic E-state index is 12.9. The zero-order valence-electron chi connectivity index (χ0n) is 16.4. The minimum Gasteiger partial charge on any atom is -0.336 e. The molecule has 1 aliphatic heterocycles. The Bertz CT molecular complexity index is 955. The first-order valence-corrected chi connectivity index (χ1v) is 11.8. The van der Waals surface area contributed by atoms with Gasteiger partial charge in [0.2, 0.25) is 10.0 Å². The van der Waals surface area contributed by atoms with E-state index in [0.717, 1.165) is 26.2 Å². The maximum absolute atomic E-state index is 12.9. The van der Waals surface area contributed by atoms with Crippen molar-refractivity contribution in [2.75, 3.05) is 31.9 Å². The molecule has 1 saturated heterocycles. The third-order valence-corrected chi connectivity index (χ3v) is 7.78. The highest BCUT2D eigenvalue weighted by molar-refractivity contribution is 7.90. The van der Waals surface area contributed by atoms with E-state index < -0.39 is 10.0 Å². The van der Waals surface area contributed by atoms with E-state index in [0.29, 0.717) is 29.1 Å². The molecule has 1 aliphatic carbocycles. The standard InChI is InChI=1S/C20H28N4O3S/c1-2-13-28(26,27)24-15-21-18-14-16(7-8-19(18)24)20(25)23-11-9-22(10-12-23)17-5-3-4-6-17/h7-8,14-15,17H,2-6,9-13H2,1H3. The third-order valence-electron chi connectivity index (χ3n) is 5.97.